The fraction of sp³-hybridized carbons (Fsp3) is 0.227. The van der Waals surface area contributed by atoms with Gasteiger partial charge in [-0.2, -0.15) is 0 Å². The zero-order valence-electron chi connectivity index (χ0n) is 17.3. The first-order valence-corrected chi connectivity index (χ1v) is 10.2. The highest BCUT2D eigenvalue weighted by molar-refractivity contribution is 6.30. The van der Waals surface area contributed by atoms with Gasteiger partial charge in [0.15, 0.2) is 6.10 Å². The van der Waals surface area contributed by atoms with Gasteiger partial charge in [0.2, 0.25) is 5.56 Å². The molecule has 4 rings (SSSR count). The molecule has 1 unspecified atom stereocenters. The number of carbonyl (C=O) groups is 1. The van der Waals surface area contributed by atoms with Gasteiger partial charge in [0.1, 0.15) is 23.0 Å². The van der Waals surface area contributed by atoms with E-state index >= 15 is 0 Å². The summed E-state index contributed by atoms with van der Waals surface area (Å²) >= 11 is 5.78. The van der Waals surface area contributed by atoms with Crippen LogP contribution < -0.4 is 10.9 Å². The number of pyridine rings is 1. The summed E-state index contributed by atoms with van der Waals surface area (Å²) in [5.74, 6) is -0.527. The van der Waals surface area contributed by atoms with Gasteiger partial charge in [-0.1, -0.05) is 22.8 Å². The Balaban J connectivity index is 1.48. The van der Waals surface area contributed by atoms with E-state index in [2.05, 4.69) is 25.4 Å². The molecule has 0 radical (unpaired) electrons. The van der Waals surface area contributed by atoms with Crippen LogP contribution in [0.4, 0.5) is 4.39 Å². The molecule has 32 heavy (non-hydrogen) atoms. The van der Waals surface area contributed by atoms with Crippen LogP contribution in [0.2, 0.25) is 5.02 Å². The van der Waals surface area contributed by atoms with E-state index in [0.29, 0.717) is 34.9 Å². The Morgan fingerprint density at radius 2 is 2.06 bits per heavy atom. The maximum Gasteiger partial charge on any atom is 0.270 e. The topological polar surface area (TPSA) is 109 Å². The van der Waals surface area contributed by atoms with Crippen molar-refractivity contribution in [3.63, 3.8) is 0 Å². The number of oxime groups is 1. The highest BCUT2D eigenvalue weighted by atomic mass is 35.5. The van der Waals surface area contributed by atoms with E-state index in [1.54, 1.807) is 32.0 Å². The SMILES string of the molecule is Cc1nc(C(=O)NCc2ccc(F)c(Cl)c2)cc(C2=NOC(c3ccc(=O)[nH]c3C)C2)n1. The maximum absolute atomic E-state index is 13.3. The molecule has 0 saturated heterocycles. The summed E-state index contributed by atoms with van der Waals surface area (Å²) in [5, 5.41) is 6.86. The second-order valence-electron chi connectivity index (χ2n) is 7.36. The van der Waals surface area contributed by atoms with E-state index in [9.17, 15) is 14.0 Å². The number of hydrogen-bond donors (Lipinski definition) is 2. The minimum atomic E-state index is -0.521. The van der Waals surface area contributed by atoms with Gasteiger partial charge in [0.05, 0.1) is 10.7 Å². The molecule has 3 heterocycles. The molecule has 0 saturated carbocycles. The van der Waals surface area contributed by atoms with Gasteiger partial charge in [-0.05, 0) is 43.7 Å². The van der Waals surface area contributed by atoms with Gasteiger partial charge in [0.25, 0.3) is 5.91 Å². The van der Waals surface area contributed by atoms with Gasteiger partial charge in [-0.25, -0.2) is 14.4 Å². The van der Waals surface area contributed by atoms with E-state index in [1.807, 2.05) is 0 Å². The molecule has 2 N–H and O–H groups in total. The predicted octanol–water partition coefficient (Wildman–Crippen LogP) is 3.37. The molecule has 1 aliphatic rings. The number of rotatable bonds is 5. The van der Waals surface area contributed by atoms with Crippen LogP contribution in [-0.4, -0.2) is 26.6 Å². The van der Waals surface area contributed by atoms with E-state index < -0.39 is 11.7 Å². The number of hydrogen-bond acceptors (Lipinski definition) is 6. The number of carbonyl (C=O) groups excluding carboxylic acids is 1. The van der Waals surface area contributed by atoms with Crippen molar-refractivity contribution >= 4 is 23.2 Å². The van der Waals surface area contributed by atoms with E-state index in [-0.39, 0.29) is 28.9 Å². The van der Waals surface area contributed by atoms with Crippen LogP contribution in [0, 0.1) is 19.7 Å². The van der Waals surface area contributed by atoms with Crippen LogP contribution in [0.5, 0.6) is 0 Å². The highest BCUT2D eigenvalue weighted by Gasteiger charge is 2.27. The van der Waals surface area contributed by atoms with Crippen molar-refractivity contribution in [1.82, 2.24) is 20.3 Å². The first-order chi connectivity index (χ1) is 15.3. The number of aromatic amines is 1. The summed E-state index contributed by atoms with van der Waals surface area (Å²) in [5.41, 5.74) is 3.23. The fourth-order valence-electron chi connectivity index (χ4n) is 3.39. The number of halogens is 2. The van der Waals surface area contributed by atoms with E-state index in [1.165, 1.54) is 18.2 Å². The van der Waals surface area contributed by atoms with Crippen LogP contribution >= 0.6 is 11.6 Å². The predicted molar refractivity (Wildman–Crippen MR) is 116 cm³/mol. The van der Waals surface area contributed by atoms with Crippen LogP contribution in [0.1, 0.15) is 51.4 Å². The normalized spacial score (nSPS) is 15.2. The Kier molecular flexibility index (Phi) is 6.00. The van der Waals surface area contributed by atoms with Crippen LogP contribution in [0.15, 0.2) is 46.3 Å². The first kappa shape index (κ1) is 21.6. The number of H-pyrrole nitrogens is 1. The lowest BCUT2D eigenvalue weighted by Gasteiger charge is -2.11. The Morgan fingerprint density at radius 3 is 2.81 bits per heavy atom. The zero-order valence-corrected chi connectivity index (χ0v) is 18.0. The Bertz CT molecular complexity index is 1290. The second kappa shape index (κ2) is 8.88. The summed E-state index contributed by atoms with van der Waals surface area (Å²) < 4.78 is 13.3. The molecule has 0 spiro atoms. The monoisotopic (exact) mass is 455 g/mol. The van der Waals surface area contributed by atoms with Crippen molar-refractivity contribution in [2.75, 3.05) is 0 Å². The first-order valence-electron chi connectivity index (χ1n) is 9.81. The number of amides is 1. The van der Waals surface area contributed by atoms with E-state index in [4.69, 9.17) is 16.4 Å². The molecular weight excluding hydrogens is 437 g/mol. The molecule has 1 aliphatic heterocycles. The summed E-state index contributed by atoms with van der Waals surface area (Å²) in [4.78, 5) is 41.0. The summed E-state index contributed by atoms with van der Waals surface area (Å²) in [6.45, 7) is 3.64. The van der Waals surface area contributed by atoms with Crippen LogP contribution in [0.25, 0.3) is 0 Å². The van der Waals surface area contributed by atoms with Gasteiger partial charge in [0, 0.05) is 30.3 Å². The molecule has 10 heteroatoms. The molecule has 1 amide bonds. The van der Waals surface area contributed by atoms with Crippen molar-refractivity contribution in [2.24, 2.45) is 5.16 Å². The average Bonchev–Trinajstić information content (AvgIpc) is 3.24. The third-order valence-corrected chi connectivity index (χ3v) is 5.27. The summed E-state index contributed by atoms with van der Waals surface area (Å²) in [6.07, 6.45) is 0.0657. The largest absolute Gasteiger partial charge is 0.387 e. The number of aromatic nitrogens is 3. The average molecular weight is 456 g/mol. The molecule has 8 nitrogen and oxygen atoms in total. The maximum atomic E-state index is 13.3. The van der Waals surface area contributed by atoms with Crippen molar-refractivity contribution in [1.29, 1.82) is 0 Å². The number of nitrogens with zero attached hydrogens (tertiary/aromatic N) is 3. The molecule has 2 aromatic heterocycles. The number of nitrogens with one attached hydrogen (secondary N) is 2. The van der Waals surface area contributed by atoms with Crippen molar-refractivity contribution in [3.05, 3.63) is 91.6 Å². The smallest absolute Gasteiger partial charge is 0.270 e. The Labute approximate surface area is 187 Å². The van der Waals surface area contributed by atoms with Gasteiger partial charge in [-0.3, -0.25) is 9.59 Å². The van der Waals surface area contributed by atoms with E-state index in [0.717, 1.165) is 5.56 Å². The molecular formula is C22H19ClFN5O3. The Hall–Kier alpha value is -3.59. The number of aryl methyl sites for hydroxylation is 2. The lowest BCUT2D eigenvalue weighted by molar-refractivity contribution is 0.0849. The standard InChI is InChI=1S/C22H19ClFN5O3/c1-11-14(4-6-21(30)26-11)20-9-18(29-32-20)17-8-19(28-12(2)27-17)22(31)25-10-13-3-5-16(24)15(23)7-13/h3-8,20H,9-10H2,1-2H3,(H,25,31)(H,26,30). The summed E-state index contributed by atoms with van der Waals surface area (Å²) in [6, 6.07) is 8.94. The molecule has 0 aliphatic carbocycles. The Morgan fingerprint density at radius 1 is 1.25 bits per heavy atom. The highest BCUT2D eigenvalue weighted by Crippen LogP contribution is 2.30. The molecule has 1 atom stereocenters. The minimum Gasteiger partial charge on any atom is -0.387 e. The molecule has 3 aromatic rings. The van der Waals surface area contributed by atoms with Crippen molar-refractivity contribution in [2.45, 2.75) is 32.9 Å². The van der Waals surface area contributed by atoms with Gasteiger partial charge < -0.3 is 15.1 Å². The summed E-state index contributed by atoms with van der Waals surface area (Å²) in [7, 11) is 0. The second-order valence-corrected chi connectivity index (χ2v) is 7.76. The third-order valence-electron chi connectivity index (χ3n) is 4.98. The van der Waals surface area contributed by atoms with Gasteiger partial charge in [-0.15, -0.1) is 0 Å². The fourth-order valence-corrected chi connectivity index (χ4v) is 3.59. The van der Waals surface area contributed by atoms with Gasteiger partial charge >= 0.3 is 0 Å². The lowest BCUT2D eigenvalue weighted by atomic mass is 10.0. The zero-order chi connectivity index (χ0) is 22.8. The minimum absolute atomic E-state index is 0.0107. The number of benzene rings is 1. The van der Waals surface area contributed by atoms with Crippen LogP contribution in [0.3, 0.4) is 0 Å². The third kappa shape index (κ3) is 4.67. The molecule has 0 fully saturated rings. The lowest BCUT2D eigenvalue weighted by Crippen LogP contribution is -2.25. The van der Waals surface area contributed by atoms with Crippen molar-refractivity contribution < 1.29 is 14.0 Å². The quantitative estimate of drug-likeness (QED) is 0.613. The van der Waals surface area contributed by atoms with Crippen molar-refractivity contribution in [3.8, 4) is 0 Å². The molecule has 0 bridgehead atoms. The van der Waals surface area contributed by atoms with Crippen LogP contribution in [-0.2, 0) is 11.4 Å². The molecule has 1 aromatic carbocycles. The molecule has 164 valence electrons.